The lowest BCUT2D eigenvalue weighted by molar-refractivity contribution is 0.253. The third-order valence-electron chi connectivity index (χ3n) is 4.88. The number of nitrogens with zero attached hydrogens (tertiary/aromatic N) is 1. The summed E-state index contributed by atoms with van der Waals surface area (Å²) in [7, 11) is 0. The van der Waals surface area contributed by atoms with Gasteiger partial charge in [-0.05, 0) is 56.8 Å². The molecular formula is C17H26N2. The first-order valence-corrected chi connectivity index (χ1v) is 7.84. The van der Waals surface area contributed by atoms with E-state index in [9.17, 15) is 0 Å². The third-order valence-corrected chi connectivity index (χ3v) is 4.88. The smallest absolute Gasteiger partial charge is 0.0326 e. The predicted octanol–water partition coefficient (Wildman–Crippen LogP) is 3.06. The summed E-state index contributed by atoms with van der Waals surface area (Å²) in [6.07, 6.45) is 5.27. The van der Waals surface area contributed by atoms with E-state index in [1.54, 1.807) is 11.1 Å². The minimum atomic E-state index is 0.592. The molecule has 1 fully saturated rings. The Hall–Kier alpha value is -0.860. The average Bonchev–Trinajstić information content (AvgIpc) is 3.02. The normalized spacial score (nSPS) is 26.8. The molecule has 1 aromatic carbocycles. The first-order valence-electron chi connectivity index (χ1n) is 7.84. The van der Waals surface area contributed by atoms with Crippen LogP contribution in [-0.2, 0) is 6.42 Å². The molecule has 2 aliphatic rings. The number of rotatable bonds is 4. The molecule has 2 heteroatoms. The molecule has 0 aromatic heterocycles. The summed E-state index contributed by atoms with van der Waals surface area (Å²) in [4.78, 5) is 2.62. The summed E-state index contributed by atoms with van der Waals surface area (Å²) in [5.41, 5.74) is 4.51. The van der Waals surface area contributed by atoms with Gasteiger partial charge in [-0.2, -0.15) is 0 Å². The molecule has 19 heavy (non-hydrogen) atoms. The van der Waals surface area contributed by atoms with E-state index in [1.807, 2.05) is 0 Å². The Balaban J connectivity index is 1.62. The van der Waals surface area contributed by atoms with Crippen LogP contribution in [0.3, 0.4) is 0 Å². The van der Waals surface area contributed by atoms with Crippen molar-refractivity contribution in [3.63, 3.8) is 0 Å². The monoisotopic (exact) mass is 258 g/mol. The van der Waals surface area contributed by atoms with Crippen molar-refractivity contribution in [1.82, 2.24) is 10.2 Å². The zero-order valence-corrected chi connectivity index (χ0v) is 12.3. The molecule has 1 aromatic rings. The van der Waals surface area contributed by atoms with Gasteiger partial charge in [0.25, 0.3) is 0 Å². The molecule has 0 radical (unpaired) electrons. The van der Waals surface area contributed by atoms with Crippen LogP contribution in [0.4, 0.5) is 0 Å². The van der Waals surface area contributed by atoms with E-state index in [0.29, 0.717) is 6.04 Å². The van der Waals surface area contributed by atoms with Gasteiger partial charge in [-0.25, -0.2) is 0 Å². The summed E-state index contributed by atoms with van der Waals surface area (Å²) in [6.45, 7) is 8.14. The zero-order chi connectivity index (χ0) is 13.2. The molecule has 1 aliphatic heterocycles. The SMILES string of the molecule is CCN1CCCC1CNC1CCc2ccc(C)cc21. The number of aryl methyl sites for hydroxylation is 2. The van der Waals surface area contributed by atoms with Gasteiger partial charge >= 0.3 is 0 Å². The molecule has 2 unspecified atom stereocenters. The lowest BCUT2D eigenvalue weighted by atomic mass is 10.0. The number of likely N-dealkylation sites (tertiary alicyclic amines) is 1. The third kappa shape index (κ3) is 2.70. The highest BCUT2D eigenvalue weighted by molar-refractivity contribution is 5.37. The van der Waals surface area contributed by atoms with Gasteiger partial charge in [0.15, 0.2) is 0 Å². The number of fused-ring (bicyclic) bond motifs is 1. The van der Waals surface area contributed by atoms with E-state index in [0.717, 1.165) is 12.6 Å². The van der Waals surface area contributed by atoms with Crippen molar-refractivity contribution < 1.29 is 0 Å². The van der Waals surface area contributed by atoms with Crippen molar-refractivity contribution in [2.45, 2.75) is 51.6 Å². The Bertz CT molecular complexity index is 441. The Morgan fingerprint density at radius 2 is 2.21 bits per heavy atom. The highest BCUT2D eigenvalue weighted by Crippen LogP contribution is 2.32. The highest BCUT2D eigenvalue weighted by atomic mass is 15.2. The molecule has 3 rings (SSSR count). The summed E-state index contributed by atoms with van der Waals surface area (Å²) >= 11 is 0. The maximum atomic E-state index is 3.83. The molecule has 0 saturated carbocycles. The minimum Gasteiger partial charge on any atom is -0.308 e. The fourth-order valence-electron chi connectivity index (χ4n) is 3.75. The highest BCUT2D eigenvalue weighted by Gasteiger charge is 2.26. The van der Waals surface area contributed by atoms with Crippen LogP contribution in [-0.4, -0.2) is 30.6 Å². The van der Waals surface area contributed by atoms with Gasteiger partial charge in [-0.3, -0.25) is 4.90 Å². The molecular weight excluding hydrogens is 232 g/mol. The number of nitrogens with one attached hydrogen (secondary N) is 1. The lowest BCUT2D eigenvalue weighted by Crippen LogP contribution is -2.38. The first-order chi connectivity index (χ1) is 9.28. The van der Waals surface area contributed by atoms with Crippen molar-refractivity contribution >= 4 is 0 Å². The average molecular weight is 258 g/mol. The van der Waals surface area contributed by atoms with E-state index in [2.05, 4.69) is 42.3 Å². The van der Waals surface area contributed by atoms with Crippen LogP contribution in [0.1, 0.15) is 48.9 Å². The Morgan fingerprint density at radius 1 is 1.32 bits per heavy atom. The minimum absolute atomic E-state index is 0.592. The predicted molar refractivity (Wildman–Crippen MR) is 80.5 cm³/mol. The second kappa shape index (κ2) is 5.64. The van der Waals surface area contributed by atoms with Crippen molar-refractivity contribution in [3.05, 3.63) is 34.9 Å². The molecule has 1 N–H and O–H groups in total. The van der Waals surface area contributed by atoms with E-state index in [1.165, 1.54) is 44.3 Å². The molecule has 0 spiro atoms. The van der Waals surface area contributed by atoms with Crippen LogP contribution in [0.25, 0.3) is 0 Å². The first kappa shape index (κ1) is 13.1. The van der Waals surface area contributed by atoms with Gasteiger partial charge in [0.1, 0.15) is 0 Å². The molecule has 1 saturated heterocycles. The second-order valence-electron chi connectivity index (χ2n) is 6.13. The van der Waals surface area contributed by atoms with Gasteiger partial charge in [0.2, 0.25) is 0 Å². The second-order valence-corrected chi connectivity index (χ2v) is 6.13. The van der Waals surface area contributed by atoms with E-state index < -0.39 is 0 Å². The quantitative estimate of drug-likeness (QED) is 0.893. The van der Waals surface area contributed by atoms with Crippen molar-refractivity contribution in [1.29, 1.82) is 0 Å². The Kier molecular flexibility index (Phi) is 3.90. The molecule has 1 heterocycles. The van der Waals surface area contributed by atoms with Crippen LogP contribution >= 0.6 is 0 Å². The molecule has 0 bridgehead atoms. The Morgan fingerprint density at radius 3 is 3.05 bits per heavy atom. The van der Waals surface area contributed by atoms with E-state index >= 15 is 0 Å². The number of hydrogen-bond acceptors (Lipinski definition) is 2. The van der Waals surface area contributed by atoms with Crippen LogP contribution < -0.4 is 5.32 Å². The topological polar surface area (TPSA) is 15.3 Å². The van der Waals surface area contributed by atoms with Gasteiger partial charge in [0, 0.05) is 18.6 Å². The van der Waals surface area contributed by atoms with Gasteiger partial charge < -0.3 is 5.32 Å². The molecule has 2 atom stereocenters. The van der Waals surface area contributed by atoms with Gasteiger partial charge in [0.05, 0.1) is 0 Å². The molecule has 1 aliphatic carbocycles. The van der Waals surface area contributed by atoms with Crippen LogP contribution in [0.2, 0.25) is 0 Å². The molecule has 104 valence electrons. The van der Waals surface area contributed by atoms with Crippen LogP contribution in [0.5, 0.6) is 0 Å². The largest absolute Gasteiger partial charge is 0.308 e. The molecule has 0 amide bonds. The fraction of sp³-hybridized carbons (Fsp3) is 0.647. The summed E-state index contributed by atoms with van der Waals surface area (Å²) < 4.78 is 0. The van der Waals surface area contributed by atoms with Crippen molar-refractivity contribution in [2.75, 3.05) is 19.6 Å². The zero-order valence-electron chi connectivity index (χ0n) is 12.3. The van der Waals surface area contributed by atoms with Crippen molar-refractivity contribution in [3.8, 4) is 0 Å². The molecule has 2 nitrogen and oxygen atoms in total. The maximum absolute atomic E-state index is 3.83. The van der Waals surface area contributed by atoms with Crippen LogP contribution in [0, 0.1) is 6.92 Å². The number of likely N-dealkylation sites (N-methyl/N-ethyl adjacent to an activating group) is 1. The van der Waals surface area contributed by atoms with Gasteiger partial charge in [-0.15, -0.1) is 0 Å². The lowest BCUT2D eigenvalue weighted by Gasteiger charge is -2.25. The number of hydrogen-bond donors (Lipinski definition) is 1. The summed E-state index contributed by atoms with van der Waals surface area (Å²) in [5.74, 6) is 0. The summed E-state index contributed by atoms with van der Waals surface area (Å²) in [6, 6.07) is 8.30. The standard InChI is InChI=1S/C17H26N2/c1-3-19-10-4-5-15(19)12-18-17-9-8-14-7-6-13(2)11-16(14)17/h6-7,11,15,17-18H,3-5,8-10,12H2,1-2H3. The van der Waals surface area contributed by atoms with E-state index in [-0.39, 0.29) is 0 Å². The number of benzene rings is 1. The van der Waals surface area contributed by atoms with Gasteiger partial charge in [-0.1, -0.05) is 30.7 Å². The van der Waals surface area contributed by atoms with Crippen molar-refractivity contribution in [2.24, 2.45) is 0 Å². The van der Waals surface area contributed by atoms with E-state index in [4.69, 9.17) is 0 Å². The fourth-order valence-corrected chi connectivity index (χ4v) is 3.75. The maximum Gasteiger partial charge on any atom is 0.0326 e. The Labute approximate surface area is 117 Å². The van der Waals surface area contributed by atoms with Crippen LogP contribution in [0.15, 0.2) is 18.2 Å². The summed E-state index contributed by atoms with van der Waals surface area (Å²) in [5, 5.41) is 3.83.